The van der Waals surface area contributed by atoms with Gasteiger partial charge in [-0.15, -0.1) is 0 Å². The van der Waals surface area contributed by atoms with Gasteiger partial charge in [0.05, 0.1) is 17.4 Å². The van der Waals surface area contributed by atoms with E-state index in [1.165, 1.54) is 16.5 Å². The first-order valence-corrected chi connectivity index (χ1v) is 9.60. The number of hydrogen-bond donors (Lipinski definition) is 2. The Labute approximate surface area is 147 Å². The van der Waals surface area contributed by atoms with Crippen LogP contribution < -0.4 is 4.72 Å². The van der Waals surface area contributed by atoms with Gasteiger partial charge < -0.3 is 10.0 Å². The Morgan fingerprint density at radius 1 is 1.32 bits per heavy atom. The third kappa shape index (κ3) is 3.84. The molecule has 1 aliphatic heterocycles. The fourth-order valence-electron chi connectivity index (χ4n) is 3.19. The summed E-state index contributed by atoms with van der Waals surface area (Å²) in [6, 6.07) is -1.97. The third-order valence-electron chi connectivity index (χ3n) is 4.48. The molecule has 1 saturated heterocycles. The van der Waals surface area contributed by atoms with Crippen molar-refractivity contribution in [3.63, 3.8) is 0 Å². The molecule has 140 valence electrons. The van der Waals surface area contributed by atoms with Crippen LogP contribution in [-0.4, -0.2) is 58.7 Å². The second-order valence-electron chi connectivity index (χ2n) is 6.35. The van der Waals surface area contributed by atoms with Crippen LogP contribution in [0, 0.1) is 13.8 Å². The largest absolute Gasteiger partial charge is 0.480 e. The van der Waals surface area contributed by atoms with Gasteiger partial charge in [0.15, 0.2) is 0 Å². The molecule has 1 aliphatic rings. The van der Waals surface area contributed by atoms with E-state index >= 15 is 0 Å². The molecular formula is C15H24N4O5S. The van der Waals surface area contributed by atoms with E-state index in [4.69, 9.17) is 0 Å². The van der Waals surface area contributed by atoms with E-state index in [1.54, 1.807) is 20.9 Å². The van der Waals surface area contributed by atoms with Crippen LogP contribution in [0.5, 0.6) is 0 Å². The molecule has 9 nitrogen and oxygen atoms in total. The molecule has 2 N–H and O–H groups in total. The number of carboxylic acids is 1. The van der Waals surface area contributed by atoms with E-state index in [1.807, 2.05) is 0 Å². The van der Waals surface area contributed by atoms with Gasteiger partial charge in [0.2, 0.25) is 15.9 Å². The third-order valence-corrected chi connectivity index (χ3v) is 6.28. The molecule has 0 bridgehead atoms. The molecule has 10 heteroatoms. The molecule has 25 heavy (non-hydrogen) atoms. The van der Waals surface area contributed by atoms with E-state index < -0.39 is 34.0 Å². The topological polar surface area (TPSA) is 122 Å². The number of aromatic nitrogens is 2. The molecule has 0 radical (unpaired) electrons. The Morgan fingerprint density at radius 2 is 1.96 bits per heavy atom. The first-order chi connectivity index (χ1) is 11.6. The number of nitrogens with one attached hydrogen (secondary N) is 1. The summed E-state index contributed by atoms with van der Waals surface area (Å²) >= 11 is 0. The first-order valence-electron chi connectivity index (χ1n) is 8.12. The molecule has 0 spiro atoms. The predicted molar refractivity (Wildman–Crippen MR) is 89.5 cm³/mol. The maximum atomic E-state index is 12.6. The minimum atomic E-state index is -3.95. The van der Waals surface area contributed by atoms with Gasteiger partial charge in [0, 0.05) is 13.6 Å². The summed E-state index contributed by atoms with van der Waals surface area (Å²) < 4.78 is 29.1. The Hall–Kier alpha value is -1.94. The number of aliphatic carboxylic acids is 1. The molecule has 1 amide bonds. The maximum absolute atomic E-state index is 12.6. The van der Waals surface area contributed by atoms with Crippen LogP contribution in [-0.2, 0) is 26.7 Å². The van der Waals surface area contributed by atoms with Gasteiger partial charge in [-0.2, -0.15) is 9.82 Å². The molecule has 2 atom stereocenters. The lowest BCUT2D eigenvalue weighted by atomic mass is 10.0. The molecule has 0 aliphatic carbocycles. The van der Waals surface area contributed by atoms with Crippen LogP contribution in [0.3, 0.4) is 0 Å². The molecule has 2 rings (SSSR count). The van der Waals surface area contributed by atoms with Crippen molar-refractivity contribution in [1.29, 1.82) is 0 Å². The summed E-state index contributed by atoms with van der Waals surface area (Å²) in [5.41, 5.74) is 0.805. The van der Waals surface area contributed by atoms with Crippen LogP contribution in [0.1, 0.15) is 37.6 Å². The van der Waals surface area contributed by atoms with Gasteiger partial charge in [0.1, 0.15) is 10.9 Å². The number of carbonyl (C=O) groups is 2. The fourth-order valence-corrected chi connectivity index (χ4v) is 4.82. The summed E-state index contributed by atoms with van der Waals surface area (Å²) in [7, 11) is -2.31. The van der Waals surface area contributed by atoms with Crippen LogP contribution in [0.25, 0.3) is 0 Å². The van der Waals surface area contributed by atoms with Crippen molar-refractivity contribution in [2.45, 2.75) is 57.0 Å². The Balaban J connectivity index is 2.21. The lowest BCUT2D eigenvalue weighted by molar-refractivity contribution is -0.152. The highest BCUT2D eigenvalue weighted by Gasteiger charge is 2.36. The number of hydrogen-bond acceptors (Lipinski definition) is 5. The van der Waals surface area contributed by atoms with E-state index in [-0.39, 0.29) is 4.90 Å². The number of sulfonamides is 1. The average Bonchev–Trinajstić information content (AvgIpc) is 2.79. The monoisotopic (exact) mass is 372 g/mol. The summed E-state index contributed by atoms with van der Waals surface area (Å²) in [5, 5.41) is 13.4. The molecule has 0 saturated carbocycles. The number of rotatable bonds is 5. The lowest BCUT2D eigenvalue weighted by Crippen LogP contribution is -2.54. The highest BCUT2D eigenvalue weighted by molar-refractivity contribution is 7.89. The zero-order valence-electron chi connectivity index (χ0n) is 14.8. The summed E-state index contributed by atoms with van der Waals surface area (Å²) in [5.74, 6) is -1.60. The van der Waals surface area contributed by atoms with Crippen LogP contribution in [0.2, 0.25) is 0 Å². The fraction of sp³-hybridized carbons (Fsp3) is 0.667. The number of amides is 1. The van der Waals surface area contributed by atoms with Crippen molar-refractivity contribution in [3.8, 4) is 0 Å². The second-order valence-corrected chi connectivity index (χ2v) is 8.00. The number of piperidine rings is 1. The van der Waals surface area contributed by atoms with E-state index in [0.29, 0.717) is 30.8 Å². The molecule has 2 heterocycles. The predicted octanol–water partition coefficient (Wildman–Crippen LogP) is 0.169. The Morgan fingerprint density at radius 3 is 2.48 bits per heavy atom. The molecule has 1 aromatic heterocycles. The standard InChI is InChI=1S/C15H24N4O5S/c1-9-13(11(3)18(4)16-9)25(23,24)17-10(2)14(20)19-8-6-5-7-12(19)15(21)22/h10,12,17H,5-8H2,1-4H3,(H,21,22)/t10-,12-/m0/s1. The van der Waals surface area contributed by atoms with E-state index in [9.17, 15) is 23.1 Å². The normalized spacial score (nSPS) is 19.7. The number of carboxylic acid groups (broad SMARTS) is 1. The molecule has 0 aromatic carbocycles. The van der Waals surface area contributed by atoms with Crippen molar-refractivity contribution in [2.75, 3.05) is 6.54 Å². The van der Waals surface area contributed by atoms with Crippen molar-refractivity contribution < 1.29 is 23.1 Å². The highest BCUT2D eigenvalue weighted by atomic mass is 32.2. The van der Waals surface area contributed by atoms with Gasteiger partial charge in [0.25, 0.3) is 0 Å². The van der Waals surface area contributed by atoms with Gasteiger partial charge in [-0.05, 0) is 40.0 Å². The van der Waals surface area contributed by atoms with E-state index in [2.05, 4.69) is 9.82 Å². The first kappa shape index (κ1) is 19.4. The van der Waals surface area contributed by atoms with Gasteiger partial charge in [-0.25, -0.2) is 13.2 Å². The van der Waals surface area contributed by atoms with Gasteiger partial charge in [-0.1, -0.05) is 0 Å². The maximum Gasteiger partial charge on any atom is 0.326 e. The summed E-state index contributed by atoms with van der Waals surface area (Å²) in [6.07, 6.45) is 1.81. The Bertz CT molecular complexity index is 786. The zero-order valence-corrected chi connectivity index (χ0v) is 15.6. The number of aryl methyl sites for hydroxylation is 2. The quantitative estimate of drug-likeness (QED) is 0.760. The van der Waals surface area contributed by atoms with Crippen LogP contribution in [0.15, 0.2) is 4.90 Å². The lowest BCUT2D eigenvalue weighted by Gasteiger charge is -2.34. The minimum Gasteiger partial charge on any atom is -0.480 e. The highest BCUT2D eigenvalue weighted by Crippen LogP contribution is 2.21. The molecular weight excluding hydrogens is 348 g/mol. The smallest absolute Gasteiger partial charge is 0.326 e. The molecule has 1 fully saturated rings. The summed E-state index contributed by atoms with van der Waals surface area (Å²) in [4.78, 5) is 25.3. The van der Waals surface area contributed by atoms with Crippen molar-refractivity contribution >= 4 is 21.9 Å². The van der Waals surface area contributed by atoms with Gasteiger partial charge >= 0.3 is 5.97 Å². The minimum absolute atomic E-state index is 0.0445. The van der Waals surface area contributed by atoms with Crippen LogP contribution in [0.4, 0.5) is 0 Å². The van der Waals surface area contributed by atoms with E-state index in [0.717, 1.165) is 6.42 Å². The van der Waals surface area contributed by atoms with Crippen molar-refractivity contribution in [2.24, 2.45) is 7.05 Å². The number of carbonyl (C=O) groups excluding carboxylic acids is 1. The van der Waals surface area contributed by atoms with Crippen LogP contribution >= 0.6 is 0 Å². The molecule has 1 aromatic rings. The molecule has 0 unspecified atom stereocenters. The van der Waals surface area contributed by atoms with Gasteiger partial charge in [-0.3, -0.25) is 9.48 Å². The SMILES string of the molecule is Cc1nn(C)c(C)c1S(=O)(=O)N[C@@H](C)C(=O)N1CCCC[C@H]1C(=O)O. The number of nitrogens with zero attached hydrogens (tertiary/aromatic N) is 3. The second kappa shape index (κ2) is 7.12. The zero-order chi connectivity index (χ0) is 18.9. The summed E-state index contributed by atoms with van der Waals surface area (Å²) in [6.45, 7) is 4.95. The average molecular weight is 372 g/mol. The Kier molecular flexibility index (Phi) is 5.52. The van der Waals surface area contributed by atoms with Crippen molar-refractivity contribution in [1.82, 2.24) is 19.4 Å². The number of likely N-dealkylation sites (tertiary alicyclic amines) is 1. The van der Waals surface area contributed by atoms with Crippen molar-refractivity contribution in [3.05, 3.63) is 11.4 Å².